The van der Waals surface area contributed by atoms with Crippen molar-refractivity contribution in [2.75, 3.05) is 19.8 Å². The number of nitrogens with zero attached hydrogens (tertiary/aromatic N) is 4. The van der Waals surface area contributed by atoms with E-state index in [9.17, 15) is 4.79 Å². The summed E-state index contributed by atoms with van der Waals surface area (Å²) in [6.07, 6.45) is 2.01. The van der Waals surface area contributed by atoms with Gasteiger partial charge in [0.1, 0.15) is 11.5 Å². The van der Waals surface area contributed by atoms with E-state index in [1.54, 1.807) is 0 Å². The van der Waals surface area contributed by atoms with Gasteiger partial charge in [0.25, 0.3) is 0 Å². The van der Waals surface area contributed by atoms with Gasteiger partial charge in [-0.15, -0.1) is 0 Å². The van der Waals surface area contributed by atoms with Crippen LogP contribution in [0.2, 0.25) is 0 Å². The molecular weight excluding hydrogens is 380 g/mol. The zero-order chi connectivity index (χ0) is 20.7. The molecule has 1 amide bonds. The van der Waals surface area contributed by atoms with Crippen LogP contribution in [-0.2, 0) is 28.9 Å². The van der Waals surface area contributed by atoms with Gasteiger partial charge in [0.2, 0.25) is 5.91 Å². The number of carbonyl (C=O) groups excluding carboxylic acids is 1. The Morgan fingerprint density at radius 2 is 2.07 bits per heavy atom. The third-order valence-corrected chi connectivity index (χ3v) is 6.15. The fourth-order valence-electron chi connectivity index (χ4n) is 4.35. The minimum Gasteiger partial charge on any atom is -0.445 e. The van der Waals surface area contributed by atoms with Crippen LogP contribution in [0.3, 0.4) is 0 Å². The van der Waals surface area contributed by atoms with Crippen molar-refractivity contribution < 1.29 is 13.9 Å². The van der Waals surface area contributed by atoms with Crippen LogP contribution in [-0.4, -0.2) is 45.3 Å². The lowest BCUT2D eigenvalue weighted by Crippen LogP contribution is -2.37. The number of amides is 1. The third kappa shape index (κ3) is 3.43. The van der Waals surface area contributed by atoms with Crippen LogP contribution in [0.1, 0.15) is 46.6 Å². The van der Waals surface area contributed by atoms with E-state index < -0.39 is 0 Å². The van der Waals surface area contributed by atoms with Gasteiger partial charge in [0, 0.05) is 30.8 Å². The molecule has 7 heteroatoms. The topological polar surface area (TPSA) is 73.4 Å². The van der Waals surface area contributed by atoms with Crippen LogP contribution >= 0.6 is 0 Å². The van der Waals surface area contributed by atoms with Gasteiger partial charge in [0.15, 0.2) is 5.89 Å². The number of rotatable bonds is 4. The number of benzene rings is 1. The van der Waals surface area contributed by atoms with Crippen molar-refractivity contribution in [3.8, 4) is 5.69 Å². The van der Waals surface area contributed by atoms with E-state index in [0.717, 1.165) is 53.0 Å². The molecule has 3 aromatic rings. The molecule has 1 fully saturated rings. The van der Waals surface area contributed by atoms with Crippen molar-refractivity contribution in [3.05, 3.63) is 64.6 Å². The molecule has 2 aromatic heterocycles. The normalized spacial score (nSPS) is 18.6. The minimum absolute atomic E-state index is 0.105. The van der Waals surface area contributed by atoms with Gasteiger partial charge in [-0.1, -0.05) is 18.2 Å². The molecular formula is C23H26N4O3. The second kappa shape index (κ2) is 7.72. The molecule has 1 aromatic carbocycles. The Morgan fingerprint density at radius 1 is 1.23 bits per heavy atom. The molecule has 0 bridgehead atoms. The highest BCUT2D eigenvalue weighted by Crippen LogP contribution is 2.29. The Kier molecular flexibility index (Phi) is 4.90. The van der Waals surface area contributed by atoms with Crippen molar-refractivity contribution in [1.82, 2.24) is 19.7 Å². The maximum Gasteiger partial charge on any atom is 0.227 e. The highest BCUT2D eigenvalue weighted by Gasteiger charge is 2.30. The fourth-order valence-corrected chi connectivity index (χ4v) is 4.35. The smallest absolute Gasteiger partial charge is 0.227 e. The van der Waals surface area contributed by atoms with Gasteiger partial charge >= 0.3 is 0 Å². The van der Waals surface area contributed by atoms with Gasteiger partial charge in [0.05, 0.1) is 36.9 Å². The van der Waals surface area contributed by atoms with Crippen LogP contribution in [0.25, 0.3) is 5.69 Å². The summed E-state index contributed by atoms with van der Waals surface area (Å²) in [4.78, 5) is 19.7. The molecule has 1 saturated heterocycles. The number of hydrogen-bond donors (Lipinski definition) is 0. The highest BCUT2D eigenvalue weighted by molar-refractivity contribution is 5.79. The van der Waals surface area contributed by atoms with E-state index in [4.69, 9.17) is 14.1 Å². The van der Waals surface area contributed by atoms with Crippen LogP contribution in [0.5, 0.6) is 0 Å². The largest absolute Gasteiger partial charge is 0.445 e. The van der Waals surface area contributed by atoms with E-state index in [-0.39, 0.29) is 11.8 Å². The molecule has 156 valence electrons. The maximum atomic E-state index is 13.1. The lowest BCUT2D eigenvalue weighted by molar-refractivity contribution is -0.131. The summed E-state index contributed by atoms with van der Waals surface area (Å²) in [6, 6.07) is 10.0. The van der Waals surface area contributed by atoms with Crippen LogP contribution in [0.15, 0.2) is 34.7 Å². The Bertz CT molecular complexity index is 1060. The van der Waals surface area contributed by atoms with Gasteiger partial charge in [-0.25, -0.2) is 9.67 Å². The first-order valence-corrected chi connectivity index (χ1v) is 10.5. The molecule has 1 atom stereocenters. The van der Waals surface area contributed by atoms with Gasteiger partial charge in [-0.3, -0.25) is 4.79 Å². The number of aryl methyl sites for hydroxylation is 1. The van der Waals surface area contributed by atoms with Crippen LogP contribution in [0.4, 0.5) is 0 Å². The van der Waals surface area contributed by atoms with E-state index in [0.29, 0.717) is 32.5 Å². The molecule has 0 saturated carbocycles. The van der Waals surface area contributed by atoms with Gasteiger partial charge < -0.3 is 14.1 Å². The molecule has 2 aliphatic rings. The van der Waals surface area contributed by atoms with E-state index in [2.05, 4.69) is 5.10 Å². The Labute approximate surface area is 175 Å². The van der Waals surface area contributed by atoms with E-state index >= 15 is 0 Å². The van der Waals surface area contributed by atoms with Crippen molar-refractivity contribution >= 4 is 5.91 Å². The number of para-hydroxylation sites is 1. The lowest BCUT2D eigenvalue weighted by atomic mass is 10.1. The predicted octanol–water partition coefficient (Wildman–Crippen LogP) is 3.11. The van der Waals surface area contributed by atoms with Crippen LogP contribution in [0, 0.1) is 13.8 Å². The van der Waals surface area contributed by atoms with Gasteiger partial charge in [-0.2, -0.15) is 5.10 Å². The number of ether oxygens (including phenoxy) is 1. The number of aromatic nitrogens is 3. The lowest BCUT2D eigenvalue weighted by Gasteiger charge is -2.25. The monoisotopic (exact) mass is 406 g/mol. The predicted molar refractivity (Wildman–Crippen MR) is 111 cm³/mol. The summed E-state index contributed by atoms with van der Waals surface area (Å²) in [6.45, 7) is 6.60. The number of oxazole rings is 1. The molecule has 0 spiro atoms. The number of hydrogen-bond acceptors (Lipinski definition) is 5. The molecule has 1 unspecified atom stereocenters. The summed E-state index contributed by atoms with van der Waals surface area (Å²) in [5.74, 6) is 2.04. The number of fused-ring (bicyclic) bond motifs is 1. The molecule has 4 heterocycles. The Morgan fingerprint density at radius 3 is 2.83 bits per heavy atom. The third-order valence-electron chi connectivity index (χ3n) is 6.15. The second-order valence-electron chi connectivity index (χ2n) is 8.12. The molecule has 2 aliphatic heterocycles. The quantitative estimate of drug-likeness (QED) is 0.666. The SMILES string of the molecule is Cc1nn(-c2ccccc2)c(C)c1CC(=O)N1CCc2oc(C3CCOC3)nc2C1. The van der Waals surface area contributed by atoms with Crippen molar-refractivity contribution in [2.24, 2.45) is 0 Å². The molecule has 0 radical (unpaired) electrons. The van der Waals surface area contributed by atoms with Crippen molar-refractivity contribution in [3.63, 3.8) is 0 Å². The van der Waals surface area contributed by atoms with Crippen LogP contribution < -0.4 is 0 Å². The van der Waals surface area contributed by atoms with E-state index in [1.807, 2.05) is 53.8 Å². The zero-order valence-electron chi connectivity index (χ0n) is 17.4. The van der Waals surface area contributed by atoms with Gasteiger partial charge in [-0.05, 0) is 32.4 Å². The van der Waals surface area contributed by atoms with Crippen molar-refractivity contribution in [1.29, 1.82) is 0 Å². The second-order valence-corrected chi connectivity index (χ2v) is 8.12. The zero-order valence-corrected chi connectivity index (χ0v) is 17.4. The first-order valence-electron chi connectivity index (χ1n) is 10.5. The molecule has 0 N–H and O–H groups in total. The summed E-state index contributed by atoms with van der Waals surface area (Å²) < 4.78 is 13.4. The fraction of sp³-hybridized carbons (Fsp3) is 0.435. The first kappa shape index (κ1) is 19.1. The first-order chi connectivity index (χ1) is 14.6. The average Bonchev–Trinajstić information content (AvgIpc) is 3.49. The summed E-state index contributed by atoms with van der Waals surface area (Å²) in [5.41, 5.74) is 4.80. The van der Waals surface area contributed by atoms with E-state index in [1.165, 1.54) is 0 Å². The molecule has 7 nitrogen and oxygen atoms in total. The summed E-state index contributed by atoms with van der Waals surface area (Å²) >= 11 is 0. The molecule has 5 rings (SSSR count). The highest BCUT2D eigenvalue weighted by atomic mass is 16.5. The molecule has 30 heavy (non-hydrogen) atoms. The average molecular weight is 406 g/mol. The summed E-state index contributed by atoms with van der Waals surface area (Å²) in [7, 11) is 0. The Hall–Kier alpha value is -2.93. The van der Waals surface area contributed by atoms with Crippen molar-refractivity contribution in [2.45, 2.75) is 45.6 Å². The summed E-state index contributed by atoms with van der Waals surface area (Å²) in [5, 5.41) is 4.67. The number of carbonyl (C=O) groups is 1. The maximum absolute atomic E-state index is 13.1. The Balaban J connectivity index is 1.31. The minimum atomic E-state index is 0.105. The standard InChI is InChI=1S/C23H26N4O3/c1-15-19(16(2)27(25-15)18-6-4-3-5-7-18)12-22(28)26-10-8-21-20(13-26)24-23(30-21)17-9-11-29-14-17/h3-7,17H,8-14H2,1-2H3. The molecule has 0 aliphatic carbocycles.